The molecule has 25 heavy (non-hydrogen) atoms. The Hall–Kier alpha value is -2.27. The number of benzene rings is 2. The zero-order valence-electron chi connectivity index (χ0n) is 13.6. The zero-order valence-corrected chi connectivity index (χ0v) is 14.5. The van der Waals surface area contributed by atoms with E-state index in [1.807, 2.05) is 43.3 Å². The fourth-order valence-corrected chi connectivity index (χ4v) is 3.46. The zero-order chi connectivity index (χ0) is 17.9. The molecule has 0 bridgehead atoms. The lowest BCUT2D eigenvalue weighted by Gasteiger charge is -2.07. The second kappa shape index (κ2) is 7.31. The van der Waals surface area contributed by atoms with Gasteiger partial charge in [-0.1, -0.05) is 24.3 Å². The summed E-state index contributed by atoms with van der Waals surface area (Å²) >= 11 is 1.58. The van der Waals surface area contributed by atoms with Crippen LogP contribution in [0.1, 0.15) is 16.0 Å². The van der Waals surface area contributed by atoms with Crippen LogP contribution in [0.2, 0.25) is 0 Å². The number of halogens is 3. The molecule has 0 aliphatic carbocycles. The van der Waals surface area contributed by atoms with Crippen LogP contribution in [-0.4, -0.2) is 6.61 Å². The molecule has 5 heteroatoms. The minimum Gasteiger partial charge on any atom is -0.493 e. The Balaban J connectivity index is 1.60. The van der Waals surface area contributed by atoms with E-state index in [4.69, 9.17) is 4.74 Å². The van der Waals surface area contributed by atoms with Gasteiger partial charge in [-0.2, -0.15) is 13.2 Å². The molecule has 0 radical (unpaired) electrons. The highest BCUT2D eigenvalue weighted by Gasteiger charge is 2.29. The average molecular weight is 362 g/mol. The third-order valence-electron chi connectivity index (χ3n) is 3.77. The van der Waals surface area contributed by atoms with Crippen molar-refractivity contribution >= 4 is 11.3 Å². The summed E-state index contributed by atoms with van der Waals surface area (Å²) in [4.78, 5) is 2.10. The van der Waals surface area contributed by atoms with Gasteiger partial charge in [0.15, 0.2) is 0 Å². The van der Waals surface area contributed by atoms with Gasteiger partial charge >= 0.3 is 6.18 Å². The van der Waals surface area contributed by atoms with Crippen molar-refractivity contribution in [3.05, 3.63) is 76.7 Å². The fourth-order valence-electron chi connectivity index (χ4n) is 2.47. The van der Waals surface area contributed by atoms with Crippen LogP contribution in [0.4, 0.5) is 13.2 Å². The Morgan fingerprint density at radius 1 is 0.960 bits per heavy atom. The van der Waals surface area contributed by atoms with Crippen molar-refractivity contribution in [3.8, 4) is 16.2 Å². The molecular formula is C20H17F3OS. The SMILES string of the molecule is Cc1cccc(OCCc2ccc(-c3ccc(C(F)(F)F)cc3)s2)c1. The van der Waals surface area contributed by atoms with Crippen molar-refractivity contribution in [2.75, 3.05) is 6.61 Å². The first-order valence-electron chi connectivity index (χ1n) is 7.87. The standard InChI is InChI=1S/C20H17F3OS/c1-14-3-2-4-17(13-14)24-12-11-18-9-10-19(25-18)15-5-7-16(8-6-15)20(21,22)23/h2-10,13H,11-12H2,1H3. The summed E-state index contributed by atoms with van der Waals surface area (Å²) < 4.78 is 43.6. The first-order chi connectivity index (χ1) is 11.9. The fraction of sp³-hybridized carbons (Fsp3) is 0.200. The minimum absolute atomic E-state index is 0.566. The molecule has 3 rings (SSSR count). The quantitative estimate of drug-likeness (QED) is 0.513. The monoisotopic (exact) mass is 362 g/mol. The maximum absolute atomic E-state index is 12.6. The van der Waals surface area contributed by atoms with E-state index in [1.54, 1.807) is 11.3 Å². The maximum atomic E-state index is 12.6. The number of alkyl halides is 3. The summed E-state index contributed by atoms with van der Waals surface area (Å²) in [5.41, 5.74) is 1.32. The van der Waals surface area contributed by atoms with Crippen LogP contribution in [0.5, 0.6) is 5.75 Å². The van der Waals surface area contributed by atoms with Gasteiger partial charge in [-0.15, -0.1) is 11.3 Å². The van der Waals surface area contributed by atoms with E-state index < -0.39 is 11.7 Å². The lowest BCUT2D eigenvalue weighted by atomic mass is 10.1. The van der Waals surface area contributed by atoms with Gasteiger partial charge in [0.25, 0.3) is 0 Å². The Morgan fingerprint density at radius 3 is 2.40 bits per heavy atom. The highest BCUT2D eigenvalue weighted by molar-refractivity contribution is 7.15. The molecule has 2 aromatic carbocycles. The van der Waals surface area contributed by atoms with Crippen molar-refractivity contribution in [3.63, 3.8) is 0 Å². The molecule has 0 fully saturated rings. The average Bonchev–Trinajstić information content (AvgIpc) is 3.03. The Morgan fingerprint density at radius 2 is 1.72 bits per heavy atom. The van der Waals surface area contributed by atoms with Gasteiger partial charge in [0, 0.05) is 16.2 Å². The van der Waals surface area contributed by atoms with Gasteiger partial charge in [-0.25, -0.2) is 0 Å². The predicted octanol–water partition coefficient (Wildman–Crippen LogP) is 6.36. The van der Waals surface area contributed by atoms with Gasteiger partial charge in [-0.05, 0) is 54.4 Å². The minimum atomic E-state index is -4.30. The Kier molecular flexibility index (Phi) is 5.13. The van der Waals surface area contributed by atoms with Crippen LogP contribution in [0.3, 0.4) is 0 Å². The molecule has 0 spiro atoms. The summed E-state index contributed by atoms with van der Waals surface area (Å²) in [5, 5.41) is 0. The molecule has 1 nitrogen and oxygen atoms in total. The number of hydrogen-bond donors (Lipinski definition) is 0. The van der Waals surface area contributed by atoms with E-state index in [9.17, 15) is 13.2 Å². The van der Waals surface area contributed by atoms with E-state index in [0.29, 0.717) is 6.61 Å². The first kappa shape index (κ1) is 17.5. The molecule has 1 heterocycles. The third kappa shape index (κ3) is 4.63. The summed E-state index contributed by atoms with van der Waals surface area (Å²) in [7, 11) is 0. The molecule has 0 saturated heterocycles. The topological polar surface area (TPSA) is 9.23 Å². The van der Waals surface area contributed by atoms with Crippen LogP contribution in [-0.2, 0) is 12.6 Å². The number of thiophene rings is 1. The van der Waals surface area contributed by atoms with Gasteiger partial charge in [0.05, 0.1) is 12.2 Å². The molecule has 0 N–H and O–H groups in total. The van der Waals surface area contributed by atoms with E-state index in [1.165, 1.54) is 12.1 Å². The second-order valence-corrected chi connectivity index (χ2v) is 6.92. The van der Waals surface area contributed by atoms with Gasteiger partial charge in [0.1, 0.15) is 5.75 Å². The lowest BCUT2D eigenvalue weighted by Crippen LogP contribution is -2.03. The maximum Gasteiger partial charge on any atom is 0.416 e. The molecule has 0 aliphatic heterocycles. The van der Waals surface area contributed by atoms with Crippen LogP contribution < -0.4 is 4.74 Å². The molecule has 1 aromatic heterocycles. The van der Waals surface area contributed by atoms with Crippen LogP contribution in [0.25, 0.3) is 10.4 Å². The number of aryl methyl sites for hydroxylation is 1. The smallest absolute Gasteiger partial charge is 0.416 e. The summed E-state index contributed by atoms with van der Waals surface area (Å²) in [5.74, 6) is 0.847. The van der Waals surface area contributed by atoms with Crippen LogP contribution >= 0.6 is 11.3 Å². The molecule has 0 aliphatic rings. The predicted molar refractivity (Wildman–Crippen MR) is 95.1 cm³/mol. The molecule has 0 atom stereocenters. The van der Waals surface area contributed by atoms with E-state index >= 15 is 0 Å². The molecule has 3 aromatic rings. The Bertz CT molecular complexity index is 835. The largest absolute Gasteiger partial charge is 0.493 e. The van der Waals surface area contributed by atoms with Crippen molar-refractivity contribution in [2.24, 2.45) is 0 Å². The van der Waals surface area contributed by atoms with Crippen LogP contribution in [0.15, 0.2) is 60.7 Å². The summed E-state index contributed by atoms with van der Waals surface area (Å²) in [6, 6.07) is 17.1. The highest BCUT2D eigenvalue weighted by atomic mass is 32.1. The lowest BCUT2D eigenvalue weighted by molar-refractivity contribution is -0.137. The van der Waals surface area contributed by atoms with E-state index in [-0.39, 0.29) is 0 Å². The van der Waals surface area contributed by atoms with Crippen molar-refractivity contribution in [1.82, 2.24) is 0 Å². The molecule has 130 valence electrons. The molecule has 0 amide bonds. The van der Waals surface area contributed by atoms with E-state index in [2.05, 4.69) is 0 Å². The summed E-state index contributed by atoms with van der Waals surface area (Å²) in [6.45, 7) is 2.58. The summed E-state index contributed by atoms with van der Waals surface area (Å²) in [6.07, 6.45) is -3.54. The second-order valence-electron chi connectivity index (χ2n) is 5.76. The van der Waals surface area contributed by atoms with Crippen molar-refractivity contribution in [1.29, 1.82) is 0 Å². The first-order valence-corrected chi connectivity index (χ1v) is 8.69. The van der Waals surface area contributed by atoms with Crippen LogP contribution in [0, 0.1) is 6.92 Å². The van der Waals surface area contributed by atoms with Gasteiger partial charge in [-0.3, -0.25) is 0 Å². The van der Waals surface area contributed by atoms with Gasteiger partial charge in [0.2, 0.25) is 0 Å². The highest BCUT2D eigenvalue weighted by Crippen LogP contribution is 2.33. The number of hydrogen-bond acceptors (Lipinski definition) is 2. The van der Waals surface area contributed by atoms with Gasteiger partial charge < -0.3 is 4.74 Å². The number of rotatable bonds is 5. The molecule has 0 saturated carbocycles. The number of ether oxygens (including phenoxy) is 1. The van der Waals surface area contributed by atoms with Crippen molar-refractivity contribution < 1.29 is 17.9 Å². The normalized spacial score (nSPS) is 11.5. The molecule has 0 unspecified atom stereocenters. The third-order valence-corrected chi connectivity index (χ3v) is 4.96. The Labute approximate surface area is 148 Å². The molecular weight excluding hydrogens is 345 g/mol. The van der Waals surface area contributed by atoms with Crippen molar-refractivity contribution in [2.45, 2.75) is 19.5 Å². The van der Waals surface area contributed by atoms with E-state index in [0.717, 1.165) is 45.2 Å².